The molecule has 0 atom stereocenters. The Morgan fingerprint density at radius 2 is 2.11 bits per heavy atom. The van der Waals surface area contributed by atoms with E-state index < -0.39 is 0 Å². The molecule has 104 valence electrons. The largest absolute Gasteiger partial charge is 0.469 e. The first kappa shape index (κ1) is 15.1. The molecule has 0 unspecified atom stereocenters. The first-order valence-electron chi connectivity index (χ1n) is 6.41. The molecule has 1 rings (SSSR count). The molecule has 0 aromatic rings. The van der Waals surface area contributed by atoms with E-state index in [1.807, 2.05) is 16.7 Å². The number of methoxy groups -OCH3 is 1. The first-order chi connectivity index (χ1) is 8.74. The summed E-state index contributed by atoms with van der Waals surface area (Å²) < 4.78 is 4.55. The number of amides is 2. The van der Waals surface area contributed by atoms with Gasteiger partial charge in [-0.2, -0.15) is 11.8 Å². The van der Waals surface area contributed by atoms with Gasteiger partial charge in [-0.3, -0.25) is 4.79 Å². The minimum Gasteiger partial charge on any atom is -0.469 e. The van der Waals surface area contributed by atoms with Crippen LogP contribution in [0.1, 0.15) is 25.7 Å². The summed E-state index contributed by atoms with van der Waals surface area (Å²) >= 11 is 1.90. The molecular weight excluding hydrogens is 252 g/mol. The lowest BCUT2D eigenvalue weighted by Crippen LogP contribution is -2.41. The van der Waals surface area contributed by atoms with E-state index in [0.29, 0.717) is 13.0 Å². The molecule has 2 amide bonds. The highest BCUT2D eigenvalue weighted by atomic mass is 32.2. The predicted octanol–water partition coefficient (Wildman–Crippen LogP) is 1.48. The number of carbonyl (C=O) groups excluding carboxylic acids is 2. The quantitative estimate of drug-likeness (QED) is 0.609. The average Bonchev–Trinajstić information content (AvgIpc) is 2.66. The standard InChI is InChI=1S/C12H22N2O3S/c1-17-11(15)5-2-3-6-13-12(16)14-7-4-9-18-10-8-14/h2-10H2,1H3,(H,13,16). The molecule has 1 aliphatic rings. The summed E-state index contributed by atoms with van der Waals surface area (Å²) in [6.45, 7) is 2.30. The molecule has 0 aliphatic carbocycles. The maximum absolute atomic E-state index is 11.8. The highest BCUT2D eigenvalue weighted by Crippen LogP contribution is 2.09. The Labute approximate surface area is 113 Å². The van der Waals surface area contributed by atoms with Gasteiger partial charge < -0.3 is 15.0 Å². The number of carbonyl (C=O) groups is 2. The fourth-order valence-corrected chi connectivity index (χ4v) is 2.64. The molecule has 1 fully saturated rings. The van der Waals surface area contributed by atoms with E-state index in [-0.39, 0.29) is 12.0 Å². The van der Waals surface area contributed by atoms with Crippen LogP contribution in [0.2, 0.25) is 0 Å². The van der Waals surface area contributed by atoms with Gasteiger partial charge in [0.1, 0.15) is 0 Å². The van der Waals surface area contributed by atoms with Gasteiger partial charge >= 0.3 is 12.0 Å². The lowest BCUT2D eigenvalue weighted by Gasteiger charge is -2.20. The second-order valence-electron chi connectivity index (χ2n) is 4.22. The number of nitrogens with zero attached hydrogens (tertiary/aromatic N) is 1. The number of hydrogen-bond acceptors (Lipinski definition) is 4. The van der Waals surface area contributed by atoms with Gasteiger partial charge in [0.15, 0.2) is 0 Å². The van der Waals surface area contributed by atoms with Crippen molar-refractivity contribution >= 4 is 23.8 Å². The van der Waals surface area contributed by atoms with Crippen LogP contribution in [0.3, 0.4) is 0 Å². The van der Waals surface area contributed by atoms with Crippen LogP contribution in [0.5, 0.6) is 0 Å². The van der Waals surface area contributed by atoms with Crippen molar-refractivity contribution < 1.29 is 14.3 Å². The van der Waals surface area contributed by atoms with Gasteiger partial charge in [-0.25, -0.2) is 4.79 Å². The smallest absolute Gasteiger partial charge is 0.317 e. The maximum atomic E-state index is 11.8. The van der Waals surface area contributed by atoms with Crippen LogP contribution in [0.15, 0.2) is 0 Å². The van der Waals surface area contributed by atoms with Crippen LogP contribution < -0.4 is 5.32 Å². The number of unbranched alkanes of at least 4 members (excludes halogenated alkanes) is 1. The fourth-order valence-electron chi connectivity index (χ4n) is 1.75. The Balaban J connectivity index is 2.07. The molecule has 0 spiro atoms. The van der Waals surface area contributed by atoms with Crippen LogP contribution in [-0.2, 0) is 9.53 Å². The molecule has 6 heteroatoms. The van der Waals surface area contributed by atoms with Gasteiger partial charge in [0.05, 0.1) is 7.11 Å². The molecule has 1 N–H and O–H groups in total. The van der Waals surface area contributed by atoms with Crippen molar-refractivity contribution in [1.29, 1.82) is 0 Å². The molecule has 0 bridgehead atoms. The van der Waals surface area contributed by atoms with E-state index in [1.54, 1.807) is 0 Å². The van der Waals surface area contributed by atoms with E-state index in [1.165, 1.54) is 7.11 Å². The monoisotopic (exact) mass is 274 g/mol. The van der Waals surface area contributed by atoms with Crippen molar-refractivity contribution in [2.75, 3.05) is 38.2 Å². The lowest BCUT2D eigenvalue weighted by atomic mass is 10.2. The lowest BCUT2D eigenvalue weighted by molar-refractivity contribution is -0.140. The summed E-state index contributed by atoms with van der Waals surface area (Å²) in [6, 6.07) is 0.0237. The number of rotatable bonds is 5. The number of urea groups is 1. The average molecular weight is 274 g/mol. The highest BCUT2D eigenvalue weighted by molar-refractivity contribution is 7.99. The zero-order chi connectivity index (χ0) is 13.2. The Kier molecular flexibility index (Phi) is 7.64. The van der Waals surface area contributed by atoms with E-state index >= 15 is 0 Å². The molecule has 5 nitrogen and oxygen atoms in total. The summed E-state index contributed by atoms with van der Waals surface area (Å²) in [5.74, 6) is 1.98. The van der Waals surface area contributed by atoms with Crippen LogP contribution in [0, 0.1) is 0 Å². The summed E-state index contributed by atoms with van der Waals surface area (Å²) in [4.78, 5) is 24.6. The normalized spacial score (nSPS) is 15.9. The van der Waals surface area contributed by atoms with Crippen molar-refractivity contribution in [2.24, 2.45) is 0 Å². The Bertz CT molecular complexity index is 266. The molecule has 0 aromatic heterocycles. The zero-order valence-electron chi connectivity index (χ0n) is 10.9. The van der Waals surface area contributed by atoms with Gasteiger partial charge in [-0.15, -0.1) is 0 Å². The second-order valence-corrected chi connectivity index (χ2v) is 5.44. The van der Waals surface area contributed by atoms with Gasteiger partial charge in [-0.05, 0) is 25.0 Å². The maximum Gasteiger partial charge on any atom is 0.317 e. The van der Waals surface area contributed by atoms with Crippen molar-refractivity contribution in [3.8, 4) is 0 Å². The second kappa shape index (κ2) is 9.08. The molecule has 18 heavy (non-hydrogen) atoms. The Morgan fingerprint density at radius 1 is 1.28 bits per heavy atom. The van der Waals surface area contributed by atoms with Gasteiger partial charge in [-0.1, -0.05) is 0 Å². The summed E-state index contributed by atoms with van der Waals surface area (Å²) in [7, 11) is 1.39. The Morgan fingerprint density at radius 3 is 2.89 bits per heavy atom. The minimum absolute atomic E-state index is 0.0237. The van der Waals surface area contributed by atoms with Gasteiger partial charge in [0.25, 0.3) is 0 Å². The summed E-state index contributed by atoms with van der Waals surface area (Å²) in [6.07, 6.45) is 3.05. The van der Waals surface area contributed by atoms with Crippen LogP contribution in [0.25, 0.3) is 0 Å². The van der Waals surface area contributed by atoms with Crippen LogP contribution in [-0.4, -0.2) is 55.2 Å². The summed E-state index contributed by atoms with van der Waals surface area (Å²) in [5.41, 5.74) is 0. The third-order valence-corrected chi connectivity index (χ3v) is 3.87. The Hall–Kier alpha value is -0.910. The first-order valence-corrected chi connectivity index (χ1v) is 7.57. The zero-order valence-corrected chi connectivity index (χ0v) is 11.8. The molecule has 0 saturated carbocycles. The molecule has 1 aliphatic heterocycles. The van der Waals surface area contributed by atoms with Crippen LogP contribution in [0.4, 0.5) is 4.79 Å². The van der Waals surface area contributed by atoms with E-state index in [2.05, 4.69) is 10.1 Å². The number of nitrogens with one attached hydrogen (secondary N) is 1. The molecule has 0 radical (unpaired) electrons. The third kappa shape index (κ3) is 6.14. The van der Waals surface area contributed by atoms with Crippen molar-refractivity contribution in [3.63, 3.8) is 0 Å². The number of thioether (sulfide) groups is 1. The molecule has 0 aromatic carbocycles. The van der Waals surface area contributed by atoms with Crippen LogP contribution >= 0.6 is 11.8 Å². The number of ether oxygens (including phenoxy) is 1. The third-order valence-electron chi connectivity index (χ3n) is 2.82. The van der Waals surface area contributed by atoms with Gasteiger partial charge in [0.2, 0.25) is 0 Å². The van der Waals surface area contributed by atoms with Crippen molar-refractivity contribution in [3.05, 3.63) is 0 Å². The summed E-state index contributed by atoms with van der Waals surface area (Å²) in [5, 5.41) is 2.90. The predicted molar refractivity (Wildman–Crippen MR) is 72.8 cm³/mol. The van der Waals surface area contributed by atoms with Crippen molar-refractivity contribution in [1.82, 2.24) is 10.2 Å². The van der Waals surface area contributed by atoms with E-state index in [4.69, 9.17) is 0 Å². The molecule has 1 heterocycles. The number of hydrogen-bond donors (Lipinski definition) is 1. The van der Waals surface area contributed by atoms with Gasteiger partial charge in [0, 0.05) is 31.8 Å². The SMILES string of the molecule is COC(=O)CCCCNC(=O)N1CCCSCC1. The highest BCUT2D eigenvalue weighted by Gasteiger charge is 2.14. The fraction of sp³-hybridized carbons (Fsp3) is 0.833. The minimum atomic E-state index is -0.189. The van der Waals surface area contributed by atoms with E-state index in [0.717, 1.165) is 43.9 Å². The van der Waals surface area contributed by atoms with E-state index in [9.17, 15) is 9.59 Å². The number of esters is 1. The van der Waals surface area contributed by atoms with Crippen molar-refractivity contribution in [2.45, 2.75) is 25.7 Å². The molecular formula is C12H22N2O3S. The topological polar surface area (TPSA) is 58.6 Å². The molecule has 1 saturated heterocycles.